The third-order valence-electron chi connectivity index (χ3n) is 6.00. The smallest absolute Gasteiger partial charge is 0.179 e. The normalized spacial score (nSPS) is 25.5. The second kappa shape index (κ2) is 7.44. The number of H-pyrrole nitrogens is 1. The molecule has 2 fully saturated rings. The van der Waals surface area contributed by atoms with Crippen molar-refractivity contribution in [1.29, 1.82) is 5.26 Å². The molecule has 2 N–H and O–H groups in total. The predicted octanol–water partition coefficient (Wildman–Crippen LogP) is 3.07. The third kappa shape index (κ3) is 3.68. The topological polar surface area (TPSA) is 111 Å². The second-order valence-electron chi connectivity index (χ2n) is 8.15. The Bertz CT molecular complexity index is 1050. The SMILES string of the molecule is Cc1cc(Nc2cnc3cnn([C@H]4C[C@H](CCCCC#N)N5C[C@@H]5C4)c3n2)n[nH]1. The van der Waals surface area contributed by atoms with E-state index in [0.29, 0.717) is 30.4 Å². The second-order valence-corrected chi connectivity index (χ2v) is 8.15. The van der Waals surface area contributed by atoms with Crippen molar-refractivity contribution in [2.75, 3.05) is 11.9 Å². The van der Waals surface area contributed by atoms with Crippen LogP contribution < -0.4 is 5.32 Å². The maximum atomic E-state index is 8.75. The van der Waals surface area contributed by atoms with E-state index in [1.807, 2.05) is 19.2 Å². The number of aromatic amines is 1. The molecule has 5 heterocycles. The average Bonchev–Trinajstić information content (AvgIpc) is 3.22. The summed E-state index contributed by atoms with van der Waals surface area (Å²) < 4.78 is 2.07. The van der Waals surface area contributed by atoms with Crippen LogP contribution in [0.2, 0.25) is 0 Å². The Balaban J connectivity index is 1.34. The lowest BCUT2D eigenvalue weighted by Gasteiger charge is -2.30. The Morgan fingerprint density at radius 2 is 2.17 bits per heavy atom. The van der Waals surface area contributed by atoms with Crippen molar-refractivity contribution in [2.24, 2.45) is 0 Å². The average molecular weight is 391 g/mol. The van der Waals surface area contributed by atoms with E-state index in [2.05, 4.69) is 41.2 Å². The van der Waals surface area contributed by atoms with Gasteiger partial charge in [-0.3, -0.25) is 10.00 Å². The minimum absolute atomic E-state index is 0.342. The molecule has 9 heteroatoms. The van der Waals surface area contributed by atoms with Crippen molar-refractivity contribution < 1.29 is 0 Å². The molecule has 0 amide bonds. The van der Waals surface area contributed by atoms with Crippen molar-refractivity contribution in [2.45, 2.75) is 63.6 Å². The first-order valence-corrected chi connectivity index (χ1v) is 10.3. The molecule has 0 saturated carbocycles. The summed E-state index contributed by atoms with van der Waals surface area (Å²) in [6.45, 7) is 3.15. The maximum Gasteiger partial charge on any atom is 0.179 e. The summed E-state index contributed by atoms with van der Waals surface area (Å²) in [6.07, 6.45) is 9.65. The fourth-order valence-electron chi connectivity index (χ4n) is 4.54. The van der Waals surface area contributed by atoms with E-state index in [1.165, 1.54) is 6.54 Å². The molecule has 2 aliphatic heterocycles. The maximum absolute atomic E-state index is 8.75. The number of piperidine rings is 1. The van der Waals surface area contributed by atoms with Gasteiger partial charge >= 0.3 is 0 Å². The first-order valence-electron chi connectivity index (χ1n) is 10.3. The number of hydrogen-bond donors (Lipinski definition) is 2. The Hall–Kier alpha value is -2.99. The van der Waals surface area contributed by atoms with Gasteiger partial charge < -0.3 is 5.32 Å². The number of nitriles is 1. The number of nitrogens with one attached hydrogen (secondary N) is 2. The minimum atomic E-state index is 0.342. The highest BCUT2D eigenvalue weighted by Gasteiger charge is 2.46. The van der Waals surface area contributed by atoms with E-state index in [9.17, 15) is 0 Å². The van der Waals surface area contributed by atoms with Crippen molar-refractivity contribution >= 4 is 22.8 Å². The number of fused-ring (bicyclic) bond motifs is 2. The Labute approximate surface area is 169 Å². The Morgan fingerprint density at radius 3 is 3.00 bits per heavy atom. The molecule has 5 rings (SSSR count). The molecule has 0 radical (unpaired) electrons. The van der Waals surface area contributed by atoms with Crippen LogP contribution in [0.25, 0.3) is 11.2 Å². The van der Waals surface area contributed by atoms with Crippen LogP contribution in [-0.4, -0.2) is 53.5 Å². The van der Waals surface area contributed by atoms with Crippen LogP contribution in [-0.2, 0) is 0 Å². The number of aromatic nitrogens is 6. The van der Waals surface area contributed by atoms with Crippen LogP contribution in [0.3, 0.4) is 0 Å². The largest absolute Gasteiger partial charge is 0.322 e. The molecule has 3 aromatic heterocycles. The van der Waals surface area contributed by atoms with E-state index in [0.717, 1.165) is 54.8 Å². The van der Waals surface area contributed by atoms with E-state index in [-0.39, 0.29) is 0 Å². The third-order valence-corrected chi connectivity index (χ3v) is 6.00. The number of aryl methyl sites for hydroxylation is 1. The lowest BCUT2D eigenvalue weighted by Crippen LogP contribution is -2.32. The molecule has 150 valence electrons. The summed E-state index contributed by atoms with van der Waals surface area (Å²) in [4.78, 5) is 11.9. The predicted molar refractivity (Wildman–Crippen MR) is 109 cm³/mol. The molecular weight excluding hydrogens is 366 g/mol. The summed E-state index contributed by atoms with van der Waals surface area (Å²) in [5.74, 6) is 1.40. The van der Waals surface area contributed by atoms with Crippen molar-refractivity contribution in [3.05, 3.63) is 24.2 Å². The molecule has 0 aromatic carbocycles. The van der Waals surface area contributed by atoms with Crippen molar-refractivity contribution in [1.82, 2.24) is 34.8 Å². The van der Waals surface area contributed by atoms with Gasteiger partial charge in [0, 0.05) is 36.8 Å². The summed E-state index contributed by atoms with van der Waals surface area (Å²) >= 11 is 0. The monoisotopic (exact) mass is 391 g/mol. The van der Waals surface area contributed by atoms with E-state index in [4.69, 9.17) is 10.2 Å². The van der Waals surface area contributed by atoms with Gasteiger partial charge in [0.05, 0.1) is 24.5 Å². The summed E-state index contributed by atoms with van der Waals surface area (Å²) in [6, 6.07) is 5.77. The molecule has 0 spiro atoms. The van der Waals surface area contributed by atoms with Gasteiger partial charge in [-0.2, -0.15) is 15.5 Å². The zero-order valence-corrected chi connectivity index (χ0v) is 16.5. The molecule has 4 atom stereocenters. The molecule has 1 unspecified atom stereocenters. The molecule has 0 bridgehead atoms. The zero-order valence-electron chi connectivity index (χ0n) is 16.5. The number of nitrogens with zero attached hydrogens (tertiary/aromatic N) is 7. The molecule has 0 aliphatic carbocycles. The summed E-state index contributed by atoms with van der Waals surface area (Å²) in [7, 11) is 0. The van der Waals surface area contributed by atoms with Gasteiger partial charge in [-0.25, -0.2) is 14.6 Å². The van der Waals surface area contributed by atoms with Gasteiger partial charge in [-0.1, -0.05) is 6.42 Å². The van der Waals surface area contributed by atoms with Crippen LogP contribution in [0, 0.1) is 18.3 Å². The van der Waals surface area contributed by atoms with Crippen LogP contribution in [0.4, 0.5) is 11.6 Å². The highest BCUT2D eigenvalue weighted by atomic mass is 15.4. The summed E-state index contributed by atoms with van der Waals surface area (Å²) in [5, 5.41) is 23.7. The lowest BCUT2D eigenvalue weighted by atomic mass is 9.95. The number of anilines is 2. The van der Waals surface area contributed by atoms with Gasteiger partial charge in [-0.15, -0.1) is 0 Å². The molecule has 29 heavy (non-hydrogen) atoms. The molecule has 2 aliphatic rings. The van der Waals surface area contributed by atoms with Gasteiger partial charge in [-0.05, 0) is 32.6 Å². The fraction of sp³-hybridized carbons (Fsp3) is 0.550. The van der Waals surface area contributed by atoms with E-state index < -0.39 is 0 Å². The quantitative estimate of drug-likeness (QED) is 0.470. The van der Waals surface area contributed by atoms with E-state index >= 15 is 0 Å². The molecule has 9 nitrogen and oxygen atoms in total. The fourth-order valence-corrected chi connectivity index (χ4v) is 4.54. The highest BCUT2D eigenvalue weighted by Crippen LogP contribution is 2.41. The Morgan fingerprint density at radius 1 is 1.24 bits per heavy atom. The van der Waals surface area contributed by atoms with Gasteiger partial charge in [0.2, 0.25) is 0 Å². The number of rotatable bonds is 7. The van der Waals surface area contributed by atoms with Gasteiger partial charge in [0.15, 0.2) is 17.3 Å². The zero-order chi connectivity index (χ0) is 19.8. The lowest BCUT2D eigenvalue weighted by molar-refractivity contribution is 0.211. The van der Waals surface area contributed by atoms with Crippen LogP contribution in [0.15, 0.2) is 18.5 Å². The molecule has 2 saturated heterocycles. The summed E-state index contributed by atoms with van der Waals surface area (Å²) in [5.41, 5.74) is 2.63. The van der Waals surface area contributed by atoms with Gasteiger partial charge in [0.25, 0.3) is 0 Å². The van der Waals surface area contributed by atoms with Crippen LogP contribution in [0.5, 0.6) is 0 Å². The first-order chi connectivity index (χ1) is 14.2. The molecular formula is C20H25N9. The Kier molecular flexibility index (Phi) is 4.64. The van der Waals surface area contributed by atoms with Crippen LogP contribution in [0.1, 0.15) is 50.3 Å². The highest BCUT2D eigenvalue weighted by molar-refractivity contribution is 5.72. The standard InChI is InChI=1S/C20H25N9/c1-13-7-18(27-26-13)24-19-11-22-17-10-23-29(20(17)25-19)15-8-14(5-3-2-4-6-21)28-12-16(28)9-15/h7,10-11,14-16H,2-5,8-9,12H2,1H3,(H2,24,25,26,27)/t14-,15-,16-,28?/m0/s1. The van der Waals surface area contributed by atoms with Gasteiger partial charge in [0.1, 0.15) is 5.52 Å². The van der Waals surface area contributed by atoms with Crippen molar-refractivity contribution in [3.8, 4) is 6.07 Å². The van der Waals surface area contributed by atoms with Crippen LogP contribution >= 0.6 is 0 Å². The number of hydrogen-bond acceptors (Lipinski definition) is 7. The van der Waals surface area contributed by atoms with E-state index in [1.54, 1.807) is 6.20 Å². The van der Waals surface area contributed by atoms with Crippen molar-refractivity contribution in [3.63, 3.8) is 0 Å². The molecule has 3 aromatic rings. The minimum Gasteiger partial charge on any atom is -0.322 e. The number of unbranched alkanes of at least 4 members (excludes halogenated alkanes) is 2. The first kappa shape index (κ1) is 18.1.